The summed E-state index contributed by atoms with van der Waals surface area (Å²) in [5, 5.41) is 25.9. The first-order valence-electron chi connectivity index (χ1n) is 7.85. The van der Waals surface area contributed by atoms with E-state index >= 15 is 0 Å². The number of nitrogens with zero attached hydrogens (tertiary/aromatic N) is 3. The van der Waals surface area contributed by atoms with Gasteiger partial charge in [0.15, 0.2) is 0 Å². The van der Waals surface area contributed by atoms with Crippen molar-refractivity contribution in [2.75, 3.05) is 5.43 Å². The lowest BCUT2D eigenvalue weighted by Crippen LogP contribution is -2.00. The first-order chi connectivity index (χ1) is 12.9. The highest BCUT2D eigenvalue weighted by molar-refractivity contribution is 5.94. The van der Waals surface area contributed by atoms with E-state index in [0.29, 0.717) is 5.71 Å². The van der Waals surface area contributed by atoms with E-state index in [-0.39, 0.29) is 11.4 Å². The number of nitrogens with one attached hydrogen (secondary N) is 1. The topological polar surface area (TPSA) is 111 Å². The predicted molar refractivity (Wildman–Crippen MR) is 104 cm³/mol. The summed E-state index contributed by atoms with van der Waals surface area (Å²) < 4.78 is 0. The van der Waals surface area contributed by atoms with E-state index in [1.807, 2.05) is 37.3 Å². The van der Waals surface area contributed by atoms with Crippen LogP contribution in [-0.2, 0) is 0 Å². The van der Waals surface area contributed by atoms with Crippen LogP contribution in [0.3, 0.4) is 0 Å². The molecule has 1 N–H and O–H groups in total. The smallest absolute Gasteiger partial charge is 0.271 e. The zero-order valence-electron chi connectivity index (χ0n) is 14.7. The summed E-state index contributed by atoms with van der Waals surface area (Å²) in [7, 11) is 0. The van der Waals surface area contributed by atoms with E-state index in [1.165, 1.54) is 12.1 Å². The average molecular weight is 364 g/mol. The van der Waals surface area contributed by atoms with Gasteiger partial charge >= 0.3 is 5.69 Å². The van der Waals surface area contributed by atoms with E-state index in [0.717, 1.165) is 17.2 Å². The number of hydrogen-bond acceptors (Lipinski definition) is 6. The molecule has 2 rings (SSSR count). The molecule has 0 unspecified atom stereocenters. The van der Waals surface area contributed by atoms with Gasteiger partial charge in [0.25, 0.3) is 5.69 Å². The van der Waals surface area contributed by atoms with Crippen molar-refractivity contribution in [3.05, 3.63) is 86.0 Å². The van der Waals surface area contributed by atoms with Gasteiger partial charge in [-0.15, -0.1) is 0 Å². The van der Waals surface area contributed by atoms with Gasteiger partial charge in [-0.2, -0.15) is 5.10 Å². The molecular weight excluding hydrogens is 348 g/mol. The van der Waals surface area contributed by atoms with Crippen molar-refractivity contribution in [2.45, 2.75) is 13.8 Å². The monoisotopic (exact) mass is 364 g/mol. The summed E-state index contributed by atoms with van der Waals surface area (Å²) >= 11 is 0. The van der Waals surface area contributed by atoms with Crippen molar-refractivity contribution in [3.8, 4) is 11.8 Å². The van der Waals surface area contributed by atoms with E-state index < -0.39 is 15.5 Å². The maximum absolute atomic E-state index is 11.1. The SMILES string of the molecule is C/C(C#Cc1ccccc1)=C/C(C)=N/Nc1ccc([N+](=O)[O-])cc1[N+](=O)[O-]. The molecule has 0 aliphatic heterocycles. The average Bonchev–Trinajstić information content (AvgIpc) is 2.65. The number of nitro groups is 2. The Hall–Kier alpha value is -3.99. The van der Waals surface area contributed by atoms with Gasteiger partial charge in [0.1, 0.15) is 5.69 Å². The number of anilines is 1. The van der Waals surface area contributed by atoms with E-state index in [2.05, 4.69) is 22.4 Å². The Balaban J connectivity index is 2.16. The van der Waals surface area contributed by atoms with Crippen LogP contribution in [0.5, 0.6) is 0 Å². The maximum Gasteiger partial charge on any atom is 0.301 e. The molecule has 0 spiro atoms. The van der Waals surface area contributed by atoms with E-state index in [1.54, 1.807) is 13.0 Å². The van der Waals surface area contributed by atoms with Gasteiger partial charge in [-0.25, -0.2) is 0 Å². The van der Waals surface area contributed by atoms with Crippen molar-refractivity contribution in [2.24, 2.45) is 5.10 Å². The van der Waals surface area contributed by atoms with Crippen LogP contribution in [0.4, 0.5) is 17.1 Å². The molecule has 136 valence electrons. The fourth-order valence-electron chi connectivity index (χ4n) is 2.10. The fraction of sp³-hybridized carbons (Fsp3) is 0.105. The van der Waals surface area contributed by atoms with Gasteiger partial charge in [-0.05, 0) is 38.1 Å². The largest absolute Gasteiger partial charge is 0.301 e. The second-order valence-electron chi connectivity index (χ2n) is 5.52. The van der Waals surface area contributed by atoms with Crippen molar-refractivity contribution in [1.29, 1.82) is 0 Å². The molecule has 0 fully saturated rings. The Morgan fingerprint density at radius 1 is 1.07 bits per heavy atom. The molecule has 0 saturated carbocycles. The first-order valence-corrected chi connectivity index (χ1v) is 7.85. The lowest BCUT2D eigenvalue weighted by Gasteiger charge is -2.03. The van der Waals surface area contributed by atoms with Crippen LogP contribution in [0, 0.1) is 32.1 Å². The molecule has 0 saturated heterocycles. The molecule has 8 nitrogen and oxygen atoms in total. The molecule has 0 amide bonds. The Morgan fingerprint density at radius 2 is 1.78 bits per heavy atom. The highest BCUT2D eigenvalue weighted by atomic mass is 16.6. The summed E-state index contributed by atoms with van der Waals surface area (Å²) in [4.78, 5) is 20.5. The Bertz CT molecular complexity index is 986. The standard InChI is InChI=1S/C19H16N4O4/c1-14(8-9-16-6-4-3-5-7-16)12-15(2)20-21-18-11-10-17(22(24)25)13-19(18)23(26)27/h3-7,10-13,21H,1-2H3/b14-12-,20-15+. The van der Waals surface area contributed by atoms with Gasteiger partial charge in [0, 0.05) is 17.2 Å². The summed E-state index contributed by atoms with van der Waals surface area (Å²) in [5.74, 6) is 6.01. The number of hydrazone groups is 1. The fourth-order valence-corrected chi connectivity index (χ4v) is 2.10. The number of hydrogen-bond donors (Lipinski definition) is 1. The highest BCUT2D eigenvalue weighted by Gasteiger charge is 2.19. The number of rotatable bonds is 5. The summed E-state index contributed by atoms with van der Waals surface area (Å²) in [6.45, 7) is 3.53. The third kappa shape index (κ3) is 5.79. The summed E-state index contributed by atoms with van der Waals surface area (Å²) in [5.41, 5.74) is 4.04. The first kappa shape index (κ1) is 19.3. The van der Waals surface area contributed by atoms with Gasteiger partial charge in [-0.3, -0.25) is 25.7 Å². The Morgan fingerprint density at radius 3 is 2.41 bits per heavy atom. The number of allylic oxidation sites excluding steroid dienone is 2. The normalized spacial score (nSPS) is 11.3. The second kappa shape index (κ2) is 8.92. The molecule has 8 heteroatoms. The third-order valence-corrected chi connectivity index (χ3v) is 3.34. The molecule has 2 aromatic rings. The van der Waals surface area contributed by atoms with Crippen LogP contribution in [0.25, 0.3) is 0 Å². The lowest BCUT2D eigenvalue weighted by molar-refractivity contribution is -0.393. The Labute approximate surface area is 155 Å². The van der Waals surface area contributed by atoms with E-state index in [9.17, 15) is 20.2 Å². The minimum Gasteiger partial charge on any atom is -0.271 e. The summed E-state index contributed by atoms with van der Waals surface area (Å²) in [6, 6.07) is 12.8. The second-order valence-corrected chi connectivity index (χ2v) is 5.52. The molecule has 0 aliphatic rings. The molecule has 0 aromatic heterocycles. The van der Waals surface area contributed by atoms with Crippen molar-refractivity contribution in [1.82, 2.24) is 0 Å². The number of benzene rings is 2. The zero-order valence-corrected chi connectivity index (χ0v) is 14.7. The molecule has 0 heterocycles. The summed E-state index contributed by atoms with van der Waals surface area (Å²) in [6.07, 6.45) is 1.72. The van der Waals surface area contributed by atoms with Gasteiger partial charge in [0.2, 0.25) is 0 Å². The Kier molecular flexibility index (Phi) is 6.39. The van der Waals surface area contributed by atoms with Crippen LogP contribution < -0.4 is 5.43 Å². The third-order valence-electron chi connectivity index (χ3n) is 3.34. The van der Waals surface area contributed by atoms with E-state index in [4.69, 9.17) is 0 Å². The molecule has 0 bridgehead atoms. The van der Waals surface area contributed by atoms with Crippen molar-refractivity contribution in [3.63, 3.8) is 0 Å². The van der Waals surface area contributed by atoms with Gasteiger partial charge in [0.05, 0.1) is 21.6 Å². The maximum atomic E-state index is 11.1. The molecular formula is C19H16N4O4. The molecule has 0 radical (unpaired) electrons. The predicted octanol–water partition coefficient (Wildman–Crippen LogP) is 4.29. The molecule has 2 aromatic carbocycles. The quantitative estimate of drug-likeness (QED) is 0.368. The lowest BCUT2D eigenvalue weighted by atomic mass is 10.2. The zero-order chi connectivity index (χ0) is 19.8. The van der Waals surface area contributed by atoms with Gasteiger partial charge in [-0.1, -0.05) is 30.0 Å². The van der Waals surface area contributed by atoms with Crippen LogP contribution in [-0.4, -0.2) is 15.6 Å². The van der Waals surface area contributed by atoms with Crippen molar-refractivity contribution >= 4 is 22.8 Å². The van der Waals surface area contributed by atoms with Gasteiger partial charge < -0.3 is 0 Å². The minimum absolute atomic E-state index is 0.0615. The van der Waals surface area contributed by atoms with Crippen LogP contribution >= 0.6 is 0 Å². The molecule has 0 aliphatic carbocycles. The van der Waals surface area contributed by atoms with Crippen LogP contribution in [0.2, 0.25) is 0 Å². The van der Waals surface area contributed by atoms with Crippen LogP contribution in [0.1, 0.15) is 19.4 Å². The minimum atomic E-state index is -0.702. The number of non-ortho nitro benzene ring substituents is 1. The molecule has 0 atom stereocenters. The number of nitro benzene ring substituents is 2. The highest BCUT2D eigenvalue weighted by Crippen LogP contribution is 2.28. The molecule has 27 heavy (non-hydrogen) atoms. The van der Waals surface area contributed by atoms with Crippen molar-refractivity contribution < 1.29 is 9.85 Å². The van der Waals surface area contributed by atoms with Crippen LogP contribution in [0.15, 0.2) is 65.3 Å².